The highest BCUT2D eigenvalue weighted by atomic mass is 15.0. The van der Waals surface area contributed by atoms with Gasteiger partial charge in [0, 0.05) is 23.6 Å². The number of hydrogen-bond acceptors (Lipinski definition) is 3. The monoisotopic (exact) mass is 217 g/mol. The Bertz CT molecular complexity index is 379. The Morgan fingerprint density at radius 2 is 2.38 bits per heavy atom. The topological polar surface area (TPSA) is 50.9 Å². The fourth-order valence-corrected chi connectivity index (χ4v) is 3.03. The molecule has 3 N–H and O–H groups in total. The lowest BCUT2D eigenvalue weighted by Crippen LogP contribution is -2.44. The first kappa shape index (κ1) is 10.1. The van der Waals surface area contributed by atoms with Gasteiger partial charge in [-0.05, 0) is 56.2 Å². The van der Waals surface area contributed by atoms with Gasteiger partial charge in [0.25, 0.3) is 0 Å². The molecular formula is C13H19N3. The molecule has 1 aliphatic heterocycles. The number of nitrogen functional groups attached to an aromatic ring is 1. The summed E-state index contributed by atoms with van der Waals surface area (Å²) in [6, 6.07) is 1.91. The number of nitrogens with zero attached hydrogens (tertiary/aromatic N) is 1. The van der Waals surface area contributed by atoms with E-state index >= 15 is 0 Å². The SMILES string of the molecule is Nc1ccncc1CC1(C2CC2)CCCN1. The number of anilines is 1. The molecule has 2 aliphatic rings. The lowest BCUT2D eigenvalue weighted by atomic mass is 9.84. The second kappa shape index (κ2) is 3.74. The van der Waals surface area contributed by atoms with Crippen LogP contribution in [0.15, 0.2) is 18.5 Å². The van der Waals surface area contributed by atoms with Gasteiger partial charge in [-0.1, -0.05) is 0 Å². The molecule has 1 aromatic heterocycles. The Kier molecular flexibility index (Phi) is 2.36. The molecule has 1 aromatic rings. The van der Waals surface area contributed by atoms with Crippen LogP contribution in [-0.4, -0.2) is 17.1 Å². The number of hydrogen-bond donors (Lipinski definition) is 2. The van der Waals surface area contributed by atoms with Gasteiger partial charge in [-0.15, -0.1) is 0 Å². The van der Waals surface area contributed by atoms with Gasteiger partial charge in [-0.3, -0.25) is 4.98 Å². The van der Waals surface area contributed by atoms with Crippen LogP contribution in [0.3, 0.4) is 0 Å². The third kappa shape index (κ3) is 1.69. The molecule has 0 amide bonds. The molecule has 0 bridgehead atoms. The number of aromatic nitrogens is 1. The Balaban J connectivity index is 1.84. The van der Waals surface area contributed by atoms with E-state index in [-0.39, 0.29) is 0 Å². The standard InChI is InChI=1S/C13H19N3/c14-12-4-7-15-9-10(12)8-13(11-2-3-11)5-1-6-16-13/h4,7,9,11,16H,1-3,5-6,8H2,(H2,14,15). The van der Waals surface area contributed by atoms with Crippen molar-refractivity contribution in [3.05, 3.63) is 24.0 Å². The second-order valence-corrected chi connectivity index (χ2v) is 5.21. The van der Waals surface area contributed by atoms with Crippen LogP contribution in [0.2, 0.25) is 0 Å². The van der Waals surface area contributed by atoms with Crippen molar-refractivity contribution in [1.82, 2.24) is 10.3 Å². The molecular weight excluding hydrogens is 198 g/mol. The van der Waals surface area contributed by atoms with Gasteiger partial charge in [-0.2, -0.15) is 0 Å². The molecule has 1 saturated heterocycles. The minimum atomic E-state index is 0.331. The second-order valence-electron chi connectivity index (χ2n) is 5.21. The summed E-state index contributed by atoms with van der Waals surface area (Å²) in [4.78, 5) is 4.19. The average Bonchev–Trinajstić information content (AvgIpc) is 3.05. The van der Waals surface area contributed by atoms with Gasteiger partial charge in [0.1, 0.15) is 0 Å². The van der Waals surface area contributed by atoms with Crippen molar-refractivity contribution in [2.75, 3.05) is 12.3 Å². The summed E-state index contributed by atoms with van der Waals surface area (Å²) in [5.41, 5.74) is 8.45. The van der Waals surface area contributed by atoms with Crippen molar-refractivity contribution in [2.45, 2.75) is 37.6 Å². The summed E-state index contributed by atoms with van der Waals surface area (Å²) in [6.45, 7) is 1.16. The van der Waals surface area contributed by atoms with E-state index in [0.717, 1.165) is 24.6 Å². The van der Waals surface area contributed by atoms with Crippen molar-refractivity contribution >= 4 is 5.69 Å². The molecule has 3 nitrogen and oxygen atoms in total. The zero-order valence-electron chi connectivity index (χ0n) is 9.58. The zero-order chi connectivity index (χ0) is 11.0. The Labute approximate surface area is 96.4 Å². The zero-order valence-corrected chi connectivity index (χ0v) is 9.58. The van der Waals surface area contributed by atoms with Gasteiger partial charge in [0.05, 0.1) is 0 Å². The maximum absolute atomic E-state index is 6.01. The molecule has 1 atom stereocenters. The van der Waals surface area contributed by atoms with Gasteiger partial charge in [0.15, 0.2) is 0 Å². The van der Waals surface area contributed by atoms with Gasteiger partial charge < -0.3 is 11.1 Å². The molecule has 16 heavy (non-hydrogen) atoms. The van der Waals surface area contributed by atoms with Crippen molar-refractivity contribution in [1.29, 1.82) is 0 Å². The summed E-state index contributed by atoms with van der Waals surface area (Å²) < 4.78 is 0. The Morgan fingerprint density at radius 3 is 3.00 bits per heavy atom. The van der Waals surface area contributed by atoms with Crippen LogP contribution in [0.25, 0.3) is 0 Å². The van der Waals surface area contributed by atoms with Crippen LogP contribution in [-0.2, 0) is 6.42 Å². The van der Waals surface area contributed by atoms with Crippen LogP contribution in [0.1, 0.15) is 31.2 Å². The Hall–Kier alpha value is -1.09. The number of nitrogens with one attached hydrogen (secondary N) is 1. The van der Waals surface area contributed by atoms with Gasteiger partial charge in [0.2, 0.25) is 0 Å². The van der Waals surface area contributed by atoms with E-state index in [4.69, 9.17) is 5.73 Å². The van der Waals surface area contributed by atoms with Crippen LogP contribution in [0.5, 0.6) is 0 Å². The van der Waals surface area contributed by atoms with E-state index in [2.05, 4.69) is 10.3 Å². The number of pyridine rings is 1. The van der Waals surface area contributed by atoms with Crippen molar-refractivity contribution in [3.63, 3.8) is 0 Å². The van der Waals surface area contributed by atoms with E-state index in [1.807, 2.05) is 12.3 Å². The van der Waals surface area contributed by atoms with Gasteiger partial charge >= 0.3 is 0 Å². The van der Waals surface area contributed by atoms with Crippen LogP contribution in [0.4, 0.5) is 5.69 Å². The molecule has 0 aromatic carbocycles. The number of nitrogens with two attached hydrogens (primary N) is 1. The van der Waals surface area contributed by atoms with E-state index in [1.54, 1.807) is 6.20 Å². The highest BCUT2D eigenvalue weighted by molar-refractivity contribution is 5.45. The molecule has 2 heterocycles. The maximum atomic E-state index is 6.01. The average molecular weight is 217 g/mol. The van der Waals surface area contributed by atoms with Crippen LogP contribution < -0.4 is 11.1 Å². The van der Waals surface area contributed by atoms with E-state index < -0.39 is 0 Å². The smallest absolute Gasteiger partial charge is 0.0378 e. The molecule has 3 rings (SSSR count). The molecule has 2 fully saturated rings. The fourth-order valence-electron chi connectivity index (χ4n) is 3.03. The molecule has 1 unspecified atom stereocenters. The first-order valence-electron chi connectivity index (χ1n) is 6.24. The lowest BCUT2D eigenvalue weighted by Gasteiger charge is -2.30. The lowest BCUT2D eigenvalue weighted by molar-refractivity contribution is 0.323. The Morgan fingerprint density at radius 1 is 1.50 bits per heavy atom. The van der Waals surface area contributed by atoms with E-state index in [0.29, 0.717) is 5.54 Å². The van der Waals surface area contributed by atoms with Crippen LogP contribution >= 0.6 is 0 Å². The van der Waals surface area contributed by atoms with Crippen molar-refractivity contribution in [2.24, 2.45) is 5.92 Å². The van der Waals surface area contributed by atoms with Crippen molar-refractivity contribution in [3.8, 4) is 0 Å². The largest absolute Gasteiger partial charge is 0.398 e. The highest BCUT2D eigenvalue weighted by Crippen LogP contribution is 2.46. The molecule has 0 spiro atoms. The third-order valence-corrected chi connectivity index (χ3v) is 4.08. The van der Waals surface area contributed by atoms with E-state index in [9.17, 15) is 0 Å². The summed E-state index contributed by atoms with van der Waals surface area (Å²) >= 11 is 0. The van der Waals surface area contributed by atoms with Crippen molar-refractivity contribution < 1.29 is 0 Å². The predicted octanol–water partition coefficient (Wildman–Crippen LogP) is 1.74. The normalized spacial score (nSPS) is 29.5. The molecule has 1 aliphatic carbocycles. The first-order chi connectivity index (χ1) is 7.80. The summed E-state index contributed by atoms with van der Waals surface area (Å²) in [6.07, 6.45) is 10.1. The highest BCUT2D eigenvalue weighted by Gasteiger charge is 2.46. The third-order valence-electron chi connectivity index (χ3n) is 4.08. The first-order valence-corrected chi connectivity index (χ1v) is 6.24. The number of rotatable bonds is 3. The quantitative estimate of drug-likeness (QED) is 0.811. The summed E-state index contributed by atoms with van der Waals surface area (Å²) in [5.74, 6) is 0.870. The summed E-state index contributed by atoms with van der Waals surface area (Å²) in [7, 11) is 0. The summed E-state index contributed by atoms with van der Waals surface area (Å²) in [5, 5.41) is 3.72. The molecule has 0 radical (unpaired) electrons. The minimum Gasteiger partial charge on any atom is -0.398 e. The fraction of sp³-hybridized carbons (Fsp3) is 0.615. The molecule has 86 valence electrons. The molecule has 1 saturated carbocycles. The van der Waals surface area contributed by atoms with E-state index in [1.165, 1.54) is 31.2 Å². The van der Waals surface area contributed by atoms with Crippen LogP contribution in [0, 0.1) is 5.92 Å². The predicted molar refractivity (Wildman–Crippen MR) is 65.0 cm³/mol. The molecule has 3 heteroatoms. The maximum Gasteiger partial charge on any atom is 0.0378 e. The minimum absolute atomic E-state index is 0.331. The van der Waals surface area contributed by atoms with Gasteiger partial charge in [-0.25, -0.2) is 0 Å².